The van der Waals surface area contributed by atoms with Crippen molar-refractivity contribution in [2.75, 3.05) is 73.4 Å². The van der Waals surface area contributed by atoms with Gasteiger partial charge in [-0.15, -0.1) is 0 Å². The summed E-state index contributed by atoms with van der Waals surface area (Å²) in [5.74, 6) is 1.81. The monoisotopic (exact) mass is 1480 g/mol. The number of hydrogen-bond donors (Lipinski definition) is 4. The van der Waals surface area contributed by atoms with E-state index in [1.807, 2.05) is 136 Å². The van der Waals surface area contributed by atoms with E-state index in [0.29, 0.717) is 0 Å². The fraction of sp³-hybridized carbons (Fsp3) is 0.378. The van der Waals surface area contributed by atoms with Gasteiger partial charge in [0.05, 0.1) is 0 Å². The van der Waals surface area contributed by atoms with Gasteiger partial charge in [0.25, 0.3) is 0 Å². The van der Waals surface area contributed by atoms with Crippen LogP contribution in [0.3, 0.4) is 0 Å². The molecule has 14 heteroatoms. The van der Waals surface area contributed by atoms with E-state index in [9.17, 15) is 0 Å². The van der Waals surface area contributed by atoms with Crippen molar-refractivity contribution in [3.8, 4) is 0 Å². The predicted molar refractivity (Wildman–Crippen MR) is 445 cm³/mol. The third kappa shape index (κ3) is 40.0. The first-order chi connectivity index (χ1) is 50.7. The van der Waals surface area contributed by atoms with Crippen LogP contribution in [0, 0.1) is 0 Å². The quantitative estimate of drug-likeness (QED) is 0.106. The zero-order valence-corrected chi connectivity index (χ0v) is 66.4. The summed E-state index contributed by atoms with van der Waals surface area (Å²) in [6.07, 6.45) is 15.1. The Morgan fingerprint density at radius 1 is 0.308 bits per heavy atom. The second kappa shape index (κ2) is 66.5. The molecule has 0 saturated carbocycles. The van der Waals surface area contributed by atoms with Gasteiger partial charge in [-0.05, 0) is 186 Å². The molecule has 8 heterocycles. The maximum Gasteiger partial charge on any atom is 0.373 e. The smallest absolute Gasteiger partial charge is 0.373 e. The van der Waals surface area contributed by atoms with Crippen molar-refractivity contribution in [1.29, 1.82) is 0 Å². The fourth-order valence-corrected chi connectivity index (χ4v) is 11.2. The van der Waals surface area contributed by atoms with Crippen LogP contribution in [-0.4, -0.2) is 115 Å². The summed E-state index contributed by atoms with van der Waals surface area (Å²) in [7, 11) is 7.53. The minimum Gasteiger partial charge on any atom is -0.400 e. The molecular formula is C90H127BrN8O5. The number of fused-ring (bicyclic) bond motifs is 8. The molecule has 0 fully saturated rings. The molecule has 104 heavy (non-hydrogen) atoms. The third-order valence-electron chi connectivity index (χ3n) is 16.1. The van der Waals surface area contributed by atoms with Gasteiger partial charge in [0.15, 0.2) is 0 Å². The number of aliphatic hydroxyl groups is 1. The molecule has 564 valence electrons. The van der Waals surface area contributed by atoms with E-state index < -0.39 is 0 Å². The van der Waals surface area contributed by atoms with E-state index in [1.165, 1.54) is 146 Å². The summed E-state index contributed by atoms with van der Waals surface area (Å²) >= 11 is 2.94. The average Bonchev–Trinajstić information content (AvgIpc) is 0.860. The molecule has 4 N–H and O–H groups in total. The van der Waals surface area contributed by atoms with E-state index >= 15 is 0 Å². The van der Waals surface area contributed by atoms with Gasteiger partial charge in [-0.3, -0.25) is 9.97 Å². The van der Waals surface area contributed by atoms with Gasteiger partial charge >= 0.3 is 12.3 Å². The number of pyridine rings is 2. The van der Waals surface area contributed by atoms with Crippen LogP contribution in [0.15, 0.2) is 231 Å². The maximum atomic E-state index is 8.12. The van der Waals surface area contributed by atoms with Gasteiger partial charge in [0.1, 0.15) is 0 Å². The van der Waals surface area contributed by atoms with E-state index in [0.717, 1.165) is 66.0 Å². The van der Waals surface area contributed by atoms with Crippen molar-refractivity contribution >= 4 is 49.8 Å². The number of nitrogens with one attached hydrogen (secondary N) is 3. The summed E-state index contributed by atoms with van der Waals surface area (Å²) in [5, 5.41) is 21.9. The van der Waals surface area contributed by atoms with E-state index in [2.05, 4.69) is 248 Å². The molecule has 0 unspecified atom stereocenters. The number of alkyl halides is 1. The normalized spacial score (nSPS) is 12.9. The topological polar surface area (TPSA) is 160 Å². The molecule has 0 bridgehead atoms. The van der Waals surface area contributed by atoms with Crippen LogP contribution in [0.25, 0.3) is 21.5 Å². The number of aromatic nitrogens is 2. The van der Waals surface area contributed by atoms with Crippen LogP contribution in [0.1, 0.15) is 143 Å². The molecule has 10 aromatic rings. The van der Waals surface area contributed by atoms with Gasteiger partial charge < -0.3 is 35.8 Å². The first-order valence-electron chi connectivity index (χ1n) is 36.7. The average molecular weight is 1480 g/mol. The molecule has 0 spiro atoms. The summed E-state index contributed by atoms with van der Waals surface area (Å²) < 4.78 is 0. The highest BCUT2D eigenvalue weighted by Gasteiger charge is 2.14. The molecule has 13 nitrogen and oxygen atoms in total. The number of benzene rings is 8. The van der Waals surface area contributed by atoms with E-state index in [-0.39, 0.29) is 19.7 Å². The number of nitrogens with zero attached hydrogens (tertiary/aromatic N) is 5. The molecule has 0 amide bonds. The van der Waals surface area contributed by atoms with Crippen molar-refractivity contribution in [2.24, 2.45) is 0 Å². The largest absolute Gasteiger partial charge is 0.400 e. The minimum absolute atomic E-state index is 0. The Bertz CT molecular complexity index is 3220. The van der Waals surface area contributed by atoms with Gasteiger partial charge in [-0.2, -0.15) is 19.2 Å². The highest BCUT2D eigenvalue weighted by Crippen LogP contribution is 2.20. The third-order valence-corrected chi connectivity index (χ3v) is 16.1. The lowest BCUT2D eigenvalue weighted by molar-refractivity contribution is -0.193. The van der Waals surface area contributed by atoms with Crippen LogP contribution in [0.5, 0.6) is 0 Å². The van der Waals surface area contributed by atoms with Crippen LogP contribution in [0.2, 0.25) is 0 Å². The Balaban J connectivity index is 0. The number of likely N-dealkylation sites (N-methyl/N-ethyl adjacent to an activating group) is 3. The van der Waals surface area contributed by atoms with Gasteiger partial charge in [0.2, 0.25) is 0 Å². The number of halogens is 1. The number of rotatable bonds is 0. The van der Waals surface area contributed by atoms with Crippen LogP contribution in [0.4, 0.5) is 0 Å². The summed E-state index contributed by atoms with van der Waals surface area (Å²) in [5.41, 5.74) is 18.0. The molecule has 0 saturated heterocycles. The molecule has 16 rings (SSSR count). The maximum absolute atomic E-state index is 8.12. The number of hydrogen-bond acceptors (Lipinski definition) is 13. The Morgan fingerprint density at radius 2 is 0.500 bits per heavy atom. The van der Waals surface area contributed by atoms with Gasteiger partial charge in [0, 0.05) is 90.8 Å². The van der Waals surface area contributed by atoms with Gasteiger partial charge in [-0.1, -0.05) is 287 Å². The van der Waals surface area contributed by atoms with Crippen molar-refractivity contribution in [1.82, 2.24) is 40.6 Å². The first-order valence-corrected chi connectivity index (χ1v) is 38.3. The molecule has 0 radical (unpaired) electrons. The lowest BCUT2D eigenvalue weighted by Crippen LogP contribution is -2.26. The van der Waals surface area contributed by atoms with Crippen LogP contribution < -0.4 is 16.0 Å². The molecule has 2 aromatic heterocycles. The zero-order chi connectivity index (χ0) is 76.5. The van der Waals surface area contributed by atoms with Crippen LogP contribution in [-0.2, 0) is 97.0 Å². The standard InChI is InChI=1S/3C10H13N.3C9H11N.2C9H7N.5C2H6.CH3Br.2CO2.CH4O.CH4/c3*1-11-7-6-9-4-2-3-5-10(9)8-11;5*1-2-4-9-7-10-6-5-8(9)3-1;6*1-2;2*2-1-3;1-2;/h3*2-5H,6-8H2,1H3;3*1-4,10H,5-7H2;2*1-7H;5*1-2H3;1H3;;;2H,1H3;1H4. The van der Waals surface area contributed by atoms with E-state index in [1.54, 1.807) is 0 Å². The van der Waals surface area contributed by atoms with Gasteiger partial charge in [-0.25, -0.2) is 0 Å². The molecule has 0 atom stereocenters. The highest BCUT2D eigenvalue weighted by atomic mass is 79.9. The number of aliphatic hydroxyl groups excluding tert-OH is 1. The number of carbonyl (C=O) groups excluding carboxylic acids is 4. The second-order valence-corrected chi connectivity index (χ2v) is 22.5. The van der Waals surface area contributed by atoms with Crippen molar-refractivity contribution in [2.45, 2.75) is 154 Å². The predicted octanol–water partition coefficient (Wildman–Crippen LogP) is 18.7. The fourth-order valence-electron chi connectivity index (χ4n) is 11.2. The Kier molecular flexibility index (Phi) is 62.4. The molecule has 6 aliphatic heterocycles. The van der Waals surface area contributed by atoms with Crippen molar-refractivity contribution in [3.63, 3.8) is 0 Å². The molecule has 6 aliphatic rings. The zero-order valence-electron chi connectivity index (χ0n) is 64.9. The van der Waals surface area contributed by atoms with Crippen LogP contribution >= 0.6 is 15.9 Å². The highest BCUT2D eigenvalue weighted by molar-refractivity contribution is 9.08. The molecular weight excluding hydrogens is 1350 g/mol. The SMILES string of the molecule is C.CBr.CC.CC.CC.CC.CC.CN1CCc2ccccc2C1.CN1CCc2ccccc2C1.CN1CCc2ccccc2C1.CO.O=C=O.O=C=O.c1ccc2c(c1)CCNC2.c1ccc2c(c1)CCNC2.c1ccc2c(c1)CCNC2.c1ccc2cnccc2c1.c1ccc2cnccc2c1. The van der Waals surface area contributed by atoms with Crippen molar-refractivity contribution < 1.29 is 24.3 Å². The Morgan fingerprint density at radius 3 is 0.721 bits per heavy atom. The van der Waals surface area contributed by atoms with E-state index in [4.69, 9.17) is 24.3 Å². The summed E-state index contributed by atoms with van der Waals surface area (Å²) in [4.78, 5) is 47.6. The first kappa shape index (κ1) is 97.6. The minimum atomic E-state index is 0. The Labute approximate surface area is 636 Å². The molecule has 0 aliphatic carbocycles. The lowest BCUT2D eigenvalue weighted by atomic mass is 10.0. The lowest BCUT2D eigenvalue weighted by Gasteiger charge is -2.24. The summed E-state index contributed by atoms with van der Waals surface area (Å²) in [6, 6.07) is 72.4. The van der Waals surface area contributed by atoms with Crippen molar-refractivity contribution in [3.05, 3.63) is 298 Å². The Hall–Kier alpha value is -8.46. The summed E-state index contributed by atoms with van der Waals surface area (Å²) in [6.45, 7) is 33.5. The second-order valence-electron chi connectivity index (χ2n) is 22.5. The molecule has 8 aromatic carbocycles.